The number of rotatable bonds is 7. The number of benzene rings is 8. The first-order valence-electron chi connectivity index (χ1n) is 23.6. The van der Waals surface area contributed by atoms with Crippen molar-refractivity contribution in [1.29, 1.82) is 0 Å². The Hall–Kier alpha value is -7.43. The van der Waals surface area contributed by atoms with E-state index < -0.39 is 83.6 Å². The first-order chi connectivity index (χ1) is 32.3. The number of fused-ring (bicyclic) bond motifs is 3. The lowest BCUT2D eigenvalue weighted by Crippen LogP contribution is -2.04. The van der Waals surface area contributed by atoms with Crippen molar-refractivity contribution in [2.45, 2.75) is 0 Å². The Morgan fingerprint density at radius 1 is 0.364 bits per heavy atom. The van der Waals surface area contributed by atoms with E-state index in [0.717, 1.165) is 22.3 Å². The third kappa shape index (κ3) is 6.06. The molecule has 0 aliphatic rings. The first-order valence-corrected chi connectivity index (χ1v) is 17.6. The van der Waals surface area contributed by atoms with Gasteiger partial charge in [0.05, 0.1) is 33.2 Å². The van der Waals surface area contributed by atoms with E-state index in [4.69, 9.17) is 24.5 Å². The van der Waals surface area contributed by atoms with Gasteiger partial charge in [-0.25, -0.2) is 15.0 Å². The van der Waals surface area contributed by atoms with E-state index in [1.54, 1.807) is 6.07 Å². The predicted molar refractivity (Wildman–Crippen MR) is 227 cm³/mol. The molecule has 0 N–H and O–H groups in total. The fraction of sp³-hybridized carbons (Fsp3) is 0. The molecule has 0 aliphatic heterocycles. The maximum Gasteiger partial charge on any atom is 0.166 e. The van der Waals surface area contributed by atoms with Crippen molar-refractivity contribution in [3.8, 4) is 73.2 Å². The summed E-state index contributed by atoms with van der Waals surface area (Å²) in [5, 5.41) is -0.341. The predicted octanol–water partition coefficient (Wildman–Crippen LogP) is 13.0. The molecule has 258 valence electrons. The van der Waals surface area contributed by atoms with Gasteiger partial charge in [-0.15, -0.1) is 0 Å². The minimum Gasteiger partial charge on any atom is -0.309 e. The molecule has 55 heavy (non-hydrogen) atoms. The van der Waals surface area contributed by atoms with Gasteiger partial charge in [-0.3, -0.25) is 0 Å². The minimum atomic E-state index is -0.702. The summed E-state index contributed by atoms with van der Waals surface area (Å²) in [6.45, 7) is 0. The third-order valence-corrected chi connectivity index (χ3v) is 9.39. The standard InChI is InChI=1S/C51H34N4/c1-5-16-35(17-6-1)39-24-15-25-42(32-39)50-52-49(38-22-11-4-12-23-38)53-51(54-50)45-34-41(37-20-9-3-10-21-37)29-31-48(45)55-46-27-14-13-26-43(46)44-33-40(28-30-47(44)55)36-18-7-2-8-19-36/h1-34H/i2D,7D,8D,13D,14D,18D,19D,26D,27D,28D,30D,33D. The number of hydrogen-bond donors (Lipinski definition) is 0. The summed E-state index contributed by atoms with van der Waals surface area (Å²) in [5.41, 5.74) is 4.23. The molecule has 4 nitrogen and oxygen atoms in total. The molecule has 0 amide bonds. The molecule has 10 aromatic rings. The SMILES string of the molecule is [2H]c1c([2H])c([2H])c(-c2c([2H])c([2H])c3c(c2[2H])c2c([2H])c([2H])c([2H])c([2H])c2n3-c2ccc(-c3ccccc3)cc2-c2nc(-c3ccccc3)nc(-c3cccc(-c4ccccc4)c3)n2)c([2H])c1[2H]. The van der Waals surface area contributed by atoms with Gasteiger partial charge < -0.3 is 4.57 Å². The van der Waals surface area contributed by atoms with Crippen LogP contribution < -0.4 is 0 Å². The Balaban J connectivity index is 1.35. The summed E-state index contributed by atoms with van der Waals surface area (Å²) in [4.78, 5) is 15.2. The summed E-state index contributed by atoms with van der Waals surface area (Å²) in [6, 6.07) is 34.5. The van der Waals surface area contributed by atoms with Gasteiger partial charge in [0.25, 0.3) is 0 Å². The molecule has 8 aromatic carbocycles. The van der Waals surface area contributed by atoms with Crippen molar-refractivity contribution in [3.63, 3.8) is 0 Å². The zero-order valence-electron chi connectivity index (χ0n) is 41.0. The smallest absolute Gasteiger partial charge is 0.166 e. The molecule has 0 atom stereocenters. The molecule has 2 aromatic heterocycles. The Labute approximate surface area is 336 Å². The molecule has 0 spiro atoms. The average Bonchev–Trinajstić information content (AvgIpc) is 3.74. The number of para-hydroxylation sites is 1. The minimum absolute atomic E-state index is 0.123. The van der Waals surface area contributed by atoms with E-state index >= 15 is 0 Å². The zero-order valence-corrected chi connectivity index (χ0v) is 29.0. The molecule has 4 heteroatoms. The molecular weight excluding hydrogens is 669 g/mol. The number of hydrogen-bond acceptors (Lipinski definition) is 3. The van der Waals surface area contributed by atoms with E-state index in [0.29, 0.717) is 28.3 Å². The zero-order chi connectivity index (χ0) is 47.0. The van der Waals surface area contributed by atoms with E-state index in [9.17, 15) is 6.85 Å². The molecular formula is C51H34N4. The summed E-state index contributed by atoms with van der Waals surface area (Å²) in [6.07, 6.45) is 0. The van der Waals surface area contributed by atoms with E-state index in [-0.39, 0.29) is 33.3 Å². The molecule has 10 rings (SSSR count). The second kappa shape index (κ2) is 13.8. The summed E-state index contributed by atoms with van der Waals surface area (Å²) >= 11 is 0. The maximum atomic E-state index is 9.70. The van der Waals surface area contributed by atoms with Crippen LogP contribution in [0.15, 0.2) is 206 Å². The highest BCUT2D eigenvalue weighted by Crippen LogP contribution is 2.39. The van der Waals surface area contributed by atoms with Crippen molar-refractivity contribution in [2.75, 3.05) is 0 Å². The van der Waals surface area contributed by atoms with Crippen molar-refractivity contribution in [1.82, 2.24) is 19.5 Å². The average molecular weight is 715 g/mol. The van der Waals surface area contributed by atoms with Crippen LogP contribution in [-0.2, 0) is 0 Å². The third-order valence-electron chi connectivity index (χ3n) is 9.39. The van der Waals surface area contributed by atoms with Crippen LogP contribution in [0.2, 0.25) is 0 Å². The van der Waals surface area contributed by atoms with E-state index in [1.165, 1.54) is 4.57 Å². The van der Waals surface area contributed by atoms with Crippen LogP contribution in [0.3, 0.4) is 0 Å². The quantitative estimate of drug-likeness (QED) is 0.165. The van der Waals surface area contributed by atoms with Gasteiger partial charge in [0.15, 0.2) is 17.5 Å². The van der Waals surface area contributed by atoms with Crippen LogP contribution in [-0.4, -0.2) is 19.5 Å². The molecule has 0 saturated heterocycles. The second-order valence-electron chi connectivity index (χ2n) is 12.7. The fourth-order valence-electron chi connectivity index (χ4n) is 6.79. The van der Waals surface area contributed by atoms with Crippen molar-refractivity contribution in [2.24, 2.45) is 0 Å². The van der Waals surface area contributed by atoms with Gasteiger partial charge in [-0.2, -0.15) is 0 Å². The fourth-order valence-corrected chi connectivity index (χ4v) is 6.79. The monoisotopic (exact) mass is 714 g/mol. The Kier molecular flexibility index (Phi) is 5.52. The molecule has 0 radical (unpaired) electrons. The van der Waals surface area contributed by atoms with Gasteiger partial charge >= 0.3 is 0 Å². The van der Waals surface area contributed by atoms with Crippen LogP contribution in [0, 0.1) is 0 Å². The first kappa shape index (κ1) is 21.9. The van der Waals surface area contributed by atoms with Crippen LogP contribution in [0.5, 0.6) is 0 Å². The summed E-state index contributed by atoms with van der Waals surface area (Å²) in [7, 11) is 0. The van der Waals surface area contributed by atoms with Crippen LogP contribution in [0.25, 0.3) is 95.0 Å². The Morgan fingerprint density at radius 2 is 0.927 bits per heavy atom. The molecule has 0 bridgehead atoms. The number of nitrogens with zero attached hydrogens (tertiary/aromatic N) is 4. The van der Waals surface area contributed by atoms with Gasteiger partial charge in [0.2, 0.25) is 0 Å². The highest BCUT2D eigenvalue weighted by molar-refractivity contribution is 6.11. The Bertz CT molecular complexity index is 3630. The van der Waals surface area contributed by atoms with Crippen molar-refractivity contribution >= 4 is 21.8 Å². The van der Waals surface area contributed by atoms with Crippen molar-refractivity contribution in [3.05, 3.63) is 206 Å². The van der Waals surface area contributed by atoms with Crippen molar-refractivity contribution < 1.29 is 16.4 Å². The van der Waals surface area contributed by atoms with Gasteiger partial charge in [-0.1, -0.05) is 170 Å². The lowest BCUT2D eigenvalue weighted by atomic mass is 10.0. The topological polar surface area (TPSA) is 43.6 Å². The lowest BCUT2D eigenvalue weighted by molar-refractivity contribution is 1.06. The van der Waals surface area contributed by atoms with E-state index in [2.05, 4.69) is 0 Å². The normalized spacial score (nSPS) is 14.3. The Morgan fingerprint density at radius 3 is 1.65 bits per heavy atom. The highest BCUT2D eigenvalue weighted by atomic mass is 15.1. The van der Waals surface area contributed by atoms with E-state index in [1.807, 2.05) is 127 Å². The molecule has 0 aliphatic carbocycles. The molecule has 2 heterocycles. The lowest BCUT2D eigenvalue weighted by Gasteiger charge is -2.16. The van der Waals surface area contributed by atoms with Crippen LogP contribution in [0.4, 0.5) is 0 Å². The largest absolute Gasteiger partial charge is 0.309 e. The molecule has 0 fully saturated rings. The van der Waals surface area contributed by atoms with Gasteiger partial charge in [-0.05, 0) is 69.7 Å². The highest BCUT2D eigenvalue weighted by Gasteiger charge is 2.21. The van der Waals surface area contributed by atoms with Crippen LogP contribution in [0.1, 0.15) is 16.4 Å². The van der Waals surface area contributed by atoms with Gasteiger partial charge in [0, 0.05) is 27.5 Å². The second-order valence-corrected chi connectivity index (χ2v) is 12.7. The number of aromatic nitrogens is 4. The summed E-state index contributed by atoms with van der Waals surface area (Å²) < 4.78 is 109. The van der Waals surface area contributed by atoms with Crippen LogP contribution >= 0.6 is 0 Å². The molecule has 0 unspecified atom stereocenters. The maximum absolute atomic E-state index is 9.70. The molecule has 0 saturated carbocycles. The summed E-state index contributed by atoms with van der Waals surface area (Å²) in [5.74, 6) is 0.822. The van der Waals surface area contributed by atoms with Gasteiger partial charge in [0.1, 0.15) is 0 Å².